The molecule has 0 aliphatic rings. The molecule has 0 fully saturated rings. The maximum absolute atomic E-state index is 11.8. The maximum atomic E-state index is 11.8. The van der Waals surface area contributed by atoms with Gasteiger partial charge in [0.25, 0.3) is 0 Å². The van der Waals surface area contributed by atoms with Crippen LogP contribution in [0.25, 0.3) is 6.08 Å². The molecule has 4 nitrogen and oxygen atoms in total. The molecule has 0 atom stereocenters. The number of ether oxygens (including phenoxy) is 2. The van der Waals surface area contributed by atoms with Crippen molar-refractivity contribution < 1.29 is 14.3 Å². The quantitative estimate of drug-likeness (QED) is 0.798. The van der Waals surface area contributed by atoms with Gasteiger partial charge in [-0.05, 0) is 41.6 Å². The summed E-state index contributed by atoms with van der Waals surface area (Å²) in [7, 11) is 3.18. The lowest BCUT2D eigenvalue weighted by Gasteiger charge is -2.07. The molecule has 0 saturated heterocycles. The Balaban J connectivity index is 1.86. The molecule has 0 saturated carbocycles. The minimum atomic E-state index is -0.105. The Hall–Kier alpha value is -2.27. The minimum absolute atomic E-state index is 0.105. The van der Waals surface area contributed by atoms with Gasteiger partial charge in [-0.25, -0.2) is 0 Å². The number of rotatable bonds is 7. The Morgan fingerprint density at radius 1 is 1.23 bits per heavy atom. The highest BCUT2D eigenvalue weighted by molar-refractivity contribution is 7.09. The molecular weight excluding hydrogens is 298 g/mol. The van der Waals surface area contributed by atoms with Gasteiger partial charge < -0.3 is 14.8 Å². The van der Waals surface area contributed by atoms with Crippen LogP contribution in [0, 0.1) is 0 Å². The van der Waals surface area contributed by atoms with Crippen LogP contribution in [0.2, 0.25) is 0 Å². The fourth-order valence-corrected chi connectivity index (χ4v) is 2.66. The monoisotopic (exact) mass is 317 g/mol. The molecule has 1 aromatic heterocycles. The van der Waals surface area contributed by atoms with Crippen LogP contribution in [-0.2, 0) is 11.2 Å². The summed E-state index contributed by atoms with van der Waals surface area (Å²) in [5, 5.41) is 4.90. The first-order valence-corrected chi connectivity index (χ1v) is 7.81. The first kappa shape index (κ1) is 16.1. The van der Waals surface area contributed by atoms with Gasteiger partial charge in [-0.1, -0.05) is 12.1 Å². The second-order valence-electron chi connectivity index (χ2n) is 4.57. The van der Waals surface area contributed by atoms with Crippen molar-refractivity contribution in [3.8, 4) is 11.5 Å². The first-order chi connectivity index (χ1) is 10.7. The highest BCUT2D eigenvalue weighted by Gasteiger charge is 2.03. The highest BCUT2D eigenvalue weighted by atomic mass is 32.1. The number of carbonyl (C=O) groups excluding carboxylic acids is 1. The fraction of sp³-hybridized carbons (Fsp3) is 0.235. The van der Waals surface area contributed by atoms with Gasteiger partial charge in [0.1, 0.15) is 0 Å². The van der Waals surface area contributed by atoms with Gasteiger partial charge in [-0.2, -0.15) is 0 Å². The van der Waals surface area contributed by atoms with Gasteiger partial charge in [-0.3, -0.25) is 4.79 Å². The van der Waals surface area contributed by atoms with E-state index < -0.39 is 0 Å². The average Bonchev–Trinajstić information content (AvgIpc) is 3.06. The molecule has 5 heteroatoms. The van der Waals surface area contributed by atoms with E-state index in [1.807, 2.05) is 29.6 Å². The van der Waals surface area contributed by atoms with E-state index in [0.29, 0.717) is 18.0 Å². The van der Waals surface area contributed by atoms with Crippen molar-refractivity contribution in [3.63, 3.8) is 0 Å². The molecule has 0 bridgehead atoms. The van der Waals surface area contributed by atoms with Crippen molar-refractivity contribution >= 4 is 23.3 Å². The lowest BCUT2D eigenvalue weighted by atomic mass is 10.2. The second-order valence-corrected chi connectivity index (χ2v) is 5.60. The zero-order valence-corrected chi connectivity index (χ0v) is 13.5. The standard InChI is InChI=1S/C17H19NO3S/c1-20-15-7-5-13(12-16(15)21-2)6-8-17(19)18-10-9-14-4-3-11-22-14/h3-8,11-12H,9-10H2,1-2H3,(H,18,19)/b8-6+. The predicted octanol–water partition coefficient (Wildman–Crippen LogP) is 3.14. The molecule has 22 heavy (non-hydrogen) atoms. The first-order valence-electron chi connectivity index (χ1n) is 6.93. The lowest BCUT2D eigenvalue weighted by Crippen LogP contribution is -2.23. The Labute approximate surface area is 134 Å². The average molecular weight is 317 g/mol. The van der Waals surface area contributed by atoms with E-state index in [0.717, 1.165) is 12.0 Å². The number of hydrogen-bond acceptors (Lipinski definition) is 4. The van der Waals surface area contributed by atoms with Gasteiger partial charge in [0, 0.05) is 17.5 Å². The van der Waals surface area contributed by atoms with E-state index in [1.165, 1.54) is 11.0 Å². The van der Waals surface area contributed by atoms with E-state index in [2.05, 4.69) is 11.4 Å². The lowest BCUT2D eigenvalue weighted by molar-refractivity contribution is -0.116. The normalized spacial score (nSPS) is 10.6. The SMILES string of the molecule is COc1ccc(/C=C/C(=O)NCCc2cccs2)cc1OC. The number of methoxy groups -OCH3 is 2. The highest BCUT2D eigenvalue weighted by Crippen LogP contribution is 2.27. The number of carbonyl (C=O) groups is 1. The number of thiophene rings is 1. The molecule has 0 aliphatic heterocycles. The fourth-order valence-electron chi connectivity index (χ4n) is 1.95. The van der Waals surface area contributed by atoms with Crippen molar-refractivity contribution in [1.82, 2.24) is 5.32 Å². The molecule has 0 unspecified atom stereocenters. The summed E-state index contributed by atoms with van der Waals surface area (Å²) in [6.45, 7) is 0.635. The Morgan fingerprint density at radius 2 is 2.05 bits per heavy atom. The topological polar surface area (TPSA) is 47.6 Å². The molecule has 1 aromatic carbocycles. The molecule has 0 spiro atoms. The van der Waals surface area contributed by atoms with E-state index >= 15 is 0 Å². The molecule has 2 rings (SSSR count). The number of benzene rings is 1. The number of hydrogen-bond donors (Lipinski definition) is 1. The van der Waals surface area contributed by atoms with Crippen molar-refractivity contribution in [2.24, 2.45) is 0 Å². The zero-order chi connectivity index (χ0) is 15.8. The van der Waals surface area contributed by atoms with Crippen molar-refractivity contribution in [2.45, 2.75) is 6.42 Å². The van der Waals surface area contributed by atoms with Gasteiger partial charge in [0.15, 0.2) is 11.5 Å². The van der Waals surface area contributed by atoms with Crippen LogP contribution in [0.5, 0.6) is 11.5 Å². The summed E-state index contributed by atoms with van der Waals surface area (Å²) < 4.78 is 10.4. The van der Waals surface area contributed by atoms with Gasteiger partial charge >= 0.3 is 0 Å². The third kappa shape index (κ3) is 4.63. The summed E-state index contributed by atoms with van der Waals surface area (Å²) >= 11 is 1.70. The van der Waals surface area contributed by atoms with Gasteiger partial charge in [-0.15, -0.1) is 11.3 Å². The summed E-state index contributed by atoms with van der Waals surface area (Å²) in [6.07, 6.45) is 4.13. The number of nitrogens with one attached hydrogen (secondary N) is 1. The van der Waals surface area contributed by atoms with E-state index in [9.17, 15) is 4.79 Å². The molecular formula is C17H19NO3S. The van der Waals surface area contributed by atoms with Crippen molar-refractivity contribution in [1.29, 1.82) is 0 Å². The van der Waals surface area contributed by atoms with E-state index in [1.54, 1.807) is 31.6 Å². The Kier molecular flexibility index (Phi) is 6.03. The van der Waals surface area contributed by atoms with E-state index in [-0.39, 0.29) is 5.91 Å². The van der Waals surface area contributed by atoms with Crippen LogP contribution < -0.4 is 14.8 Å². The summed E-state index contributed by atoms with van der Waals surface area (Å²) in [6, 6.07) is 9.59. The Morgan fingerprint density at radius 3 is 2.73 bits per heavy atom. The molecule has 1 N–H and O–H groups in total. The molecule has 116 valence electrons. The van der Waals surface area contributed by atoms with Crippen LogP contribution >= 0.6 is 11.3 Å². The summed E-state index contributed by atoms with van der Waals surface area (Å²) in [5.41, 5.74) is 0.881. The van der Waals surface area contributed by atoms with Crippen LogP contribution in [0.4, 0.5) is 0 Å². The van der Waals surface area contributed by atoms with Crippen LogP contribution in [-0.4, -0.2) is 26.7 Å². The molecule has 1 heterocycles. The molecule has 0 radical (unpaired) electrons. The molecule has 2 aromatic rings. The Bertz CT molecular complexity index is 635. The molecule has 1 amide bonds. The maximum Gasteiger partial charge on any atom is 0.244 e. The third-order valence-corrected chi connectivity index (χ3v) is 4.02. The third-order valence-electron chi connectivity index (χ3n) is 3.09. The smallest absolute Gasteiger partial charge is 0.244 e. The summed E-state index contributed by atoms with van der Waals surface area (Å²) in [4.78, 5) is 13.0. The predicted molar refractivity (Wildman–Crippen MR) is 89.6 cm³/mol. The van der Waals surface area contributed by atoms with Crippen molar-refractivity contribution in [2.75, 3.05) is 20.8 Å². The zero-order valence-electron chi connectivity index (χ0n) is 12.7. The number of amides is 1. The van der Waals surface area contributed by atoms with Gasteiger partial charge in [0.05, 0.1) is 14.2 Å². The van der Waals surface area contributed by atoms with Crippen LogP contribution in [0.3, 0.4) is 0 Å². The minimum Gasteiger partial charge on any atom is -0.493 e. The van der Waals surface area contributed by atoms with Crippen molar-refractivity contribution in [3.05, 3.63) is 52.2 Å². The van der Waals surface area contributed by atoms with E-state index in [4.69, 9.17) is 9.47 Å². The van der Waals surface area contributed by atoms with Crippen LogP contribution in [0.1, 0.15) is 10.4 Å². The van der Waals surface area contributed by atoms with Crippen LogP contribution in [0.15, 0.2) is 41.8 Å². The molecule has 0 aliphatic carbocycles. The largest absolute Gasteiger partial charge is 0.493 e. The summed E-state index contributed by atoms with van der Waals surface area (Å²) in [5.74, 6) is 1.20. The van der Waals surface area contributed by atoms with Gasteiger partial charge in [0.2, 0.25) is 5.91 Å². The second kappa shape index (κ2) is 8.24.